The number of unbranched alkanes of at least 4 members (excludes halogenated alkanes) is 2. The number of anilines is 1. The first-order valence-electron chi connectivity index (χ1n) is 9.13. The smallest absolute Gasteiger partial charge is 0.256 e. The molecule has 0 saturated carbocycles. The fourth-order valence-corrected chi connectivity index (χ4v) is 2.44. The van der Waals surface area contributed by atoms with E-state index < -0.39 is 5.60 Å². The third-order valence-corrected chi connectivity index (χ3v) is 3.85. The highest BCUT2D eigenvalue weighted by atomic mass is 16.5. The zero-order chi connectivity index (χ0) is 18.0. The Balaban J connectivity index is 2.71. The van der Waals surface area contributed by atoms with E-state index in [2.05, 4.69) is 19.2 Å². The normalized spacial score (nSPS) is 13.6. The van der Waals surface area contributed by atoms with Gasteiger partial charge >= 0.3 is 0 Å². The Bertz CT molecular complexity index is 484. The monoisotopic (exact) mass is 335 g/mol. The van der Waals surface area contributed by atoms with Crippen LogP contribution in [0.4, 0.5) is 5.69 Å². The van der Waals surface area contributed by atoms with E-state index in [4.69, 9.17) is 9.47 Å². The molecule has 4 nitrogen and oxygen atoms in total. The van der Waals surface area contributed by atoms with Crippen molar-refractivity contribution in [1.82, 2.24) is 0 Å². The zero-order valence-corrected chi connectivity index (χ0v) is 15.9. The quantitative estimate of drug-likeness (QED) is 0.567. The number of carbonyl (C=O) groups excluding carboxylic acids is 1. The first-order valence-corrected chi connectivity index (χ1v) is 9.13. The minimum absolute atomic E-state index is 0.0791. The maximum atomic E-state index is 12.7. The number of ether oxygens (including phenoxy) is 2. The highest BCUT2D eigenvalue weighted by molar-refractivity contribution is 5.97. The van der Waals surface area contributed by atoms with E-state index in [9.17, 15) is 4.79 Å². The first kappa shape index (κ1) is 20.5. The van der Waals surface area contributed by atoms with Gasteiger partial charge in [-0.25, -0.2) is 0 Å². The lowest BCUT2D eigenvalue weighted by Gasteiger charge is -2.28. The molecule has 0 bridgehead atoms. The summed E-state index contributed by atoms with van der Waals surface area (Å²) in [6, 6.07) is 7.47. The molecule has 0 aliphatic heterocycles. The van der Waals surface area contributed by atoms with Gasteiger partial charge in [-0.3, -0.25) is 4.79 Å². The fourth-order valence-electron chi connectivity index (χ4n) is 2.44. The lowest BCUT2D eigenvalue weighted by molar-refractivity contribution is -0.140. The van der Waals surface area contributed by atoms with Crippen molar-refractivity contribution in [2.75, 3.05) is 11.9 Å². The molecule has 4 heteroatoms. The summed E-state index contributed by atoms with van der Waals surface area (Å²) in [6.45, 7) is 10.7. The van der Waals surface area contributed by atoms with E-state index in [1.54, 1.807) is 0 Å². The van der Waals surface area contributed by atoms with Crippen LogP contribution >= 0.6 is 0 Å². The topological polar surface area (TPSA) is 47.6 Å². The largest absolute Gasteiger partial charge is 0.491 e. The Morgan fingerprint density at radius 3 is 2.33 bits per heavy atom. The second-order valence-corrected chi connectivity index (χ2v) is 6.68. The molecule has 1 unspecified atom stereocenters. The molecule has 1 amide bonds. The lowest BCUT2D eigenvalue weighted by atomic mass is 9.96. The van der Waals surface area contributed by atoms with E-state index in [1.165, 1.54) is 0 Å². The number of hydrogen-bond acceptors (Lipinski definition) is 3. The van der Waals surface area contributed by atoms with Crippen molar-refractivity contribution in [3.05, 3.63) is 24.3 Å². The highest BCUT2D eigenvalue weighted by Gasteiger charge is 2.33. The number of carbonyl (C=O) groups is 1. The second kappa shape index (κ2) is 10.3. The Morgan fingerprint density at radius 1 is 1.12 bits per heavy atom. The van der Waals surface area contributed by atoms with Crippen LogP contribution in [0.5, 0.6) is 5.75 Å². The maximum Gasteiger partial charge on any atom is 0.256 e. The molecule has 0 saturated heterocycles. The number of nitrogens with one attached hydrogen (secondary N) is 1. The molecule has 1 N–H and O–H groups in total. The molecule has 1 atom stereocenters. The molecular formula is C20H33NO3. The molecule has 1 aromatic carbocycles. The Hall–Kier alpha value is -1.55. The van der Waals surface area contributed by atoms with Crippen molar-refractivity contribution >= 4 is 11.6 Å². The van der Waals surface area contributed by atoms with Crippen molar-refractivity contribution in [2.45, 2.75) is 78.4 Å². The van der Waals surface area contributed by atoms with Crippen LogP contribution in [0.1, 0.15) is 66.7 Å². The second-order valence-electron chi connectivity index (χ2n) is 6.68. The van der Waals surface area contributed by atoms with Gasteiger partial charge in [-0.15, -0.1) is 0 Å². The van der Waals surface area contributed by atoms with Gasteiger partial charge in [0, 0.05) is 12.3 Å². The van der Waals surface area contributed by atoms with Crippen LogP contribution in [0.2, 0.25) is 0 Å². The van der Waals surface area contributed by atoms with Crippen LogP contribution in [0.3, 0.4) is 0 Å². The van der Waals surface area contributed by atoms with Gasteiger partial charge in [0.1, 0.15) is 11.4 Å². The molecule has 0 radical (unpaired) electrons. The first-order chi connectivity index (χ1) is 11.4. The van der Waals surface area contributed by atoms with Crippen molar-refractivity contribution in [2.24, 2.45) is 0 Å². The van der Waals surface area contributed by atoms with Crippen LogP contribution < -0.4 is 10.1 Å². The number of amides is 1. The summed E-state index contributed by atoms with van der Waals surface area (Å²) in [6.07, 6.45) is 5.00. The van der Waals surface area contributed by atoms with Crippen LogP contribution in [0.25, 0.3) is 0 Å². The standard InChI is InChI=1S/C20H33NO3/c1-6-8-9-14-20(5,23-15-7-2)19(22)21-17-10-12-18(13-11-17)24-16(3)4/h10-13,16H,6-9,14-15H2,1-5H3,(H,21,22). The van der Waals surface area contributed by atoms with E-state index >= 15 is 0 Å². The van der Waals surface area contributed by atoms with E-state index in [1.807, 2.05) is 45.0 Å². The Morgan fingerprint density at radius 2 is 1.79 bits per heavy atom. The fraction of sp³-hybridized carbons (Fsp3) is 0.650. The summed E-state index contributed by atoms with van der Waals surface area (Å²) >= 11 is 0. The number of hydrogen-bond donors (Lipinski definition) is 1. The molecule has 0 aromatic heterocycles. The summed E-state index contributed by atoms with van der Waals surface area (Å²) in [7, 11) is 0. The molecule has 136 valence electrons. The van der Waals surface area contributed by atoms with E-state index in [0.717, 1.165) is 43.5 Å². The van der Waals surface area contributed by atoms with Crippen molar-refractivity contribution < 1.29 is 14.3 Å². The summed E-state index contributed by atoms with van der Waals surface area (Å²) in [4.78, 5) is 12.7. The predicted molar refractivity (Wildman–Crippen MR) is 99.6 cm³/mol. The van der Waals surface area contributed by atoms with Gasteiger partial charge in [0.25, 0.3) is 5.91 Å². The van der Waals surface area contributed by atoms with Crippen molar-refractivity contribution in [3.63, 3.8) is 0 Å². The molecule has 0 heterocycles. The third kappa shape index (κ3) is 6.91. The summed E-state index contributed by atoms with van der Waals surface area (Å²) in [5.41, 5.74) is -0.0175. The van der Waals surface area contributed by atoms with Gasteiger partial charge in [-0.2, -0.15) is 0 Å². The Labute approximate surface area is 146 Å². The summed E-state index contributed by atoms with van der Waals surface area (Å²) in [5.74, 6) is 0.723. The van der Waals surface area contributed by atoms with Gasteiger partial charge in [0.15, 0.2) is 0 Å². The van der Waals surface area contributed by atoms with Gasteiger partial charge < -0.3 is 14.8 Å². The average molecular weight is 335 g/mol. The van der Waals surface area contributed by atoms with Crippen LogP contribution in [-0.2, 0) is 9.53 Å². The molecular weight excluding hydrogens is 302 g/mol. The molecule has 1 rings (SSSR count). The van der Waals surface area contributed by atoms with Crippen LogP contribution in [-0.4, -0.2) is 24.2 Å². The van der Waals surface area contributed by atoms with Crippen molar-refractivity contribution in [3.8, 4) is 5.75 Å². The molecule has 0 aliphatic rings. The Kier molecular flexibility index (Phi) is 8.83. The highest BCUT2D eigenvalue weighted by Crippen LogP contribution is 2.24. The number of benzene rings is 1. The van der Waals surface area contributed by atoms with Crippen LogP contribution in [0.15, 0.2) is 24.3 Å². The van der Waals surface area contributed by atoms with Crippen molar-refractivity contribution in [1.29, 1.82) is 0 Å². The average Bonchev–Trinajstić information content (AvgIpc) is 2.54. The summed E-state index contributed by atoms with van der Waals surface area (Å²) in [5, 5.41) is 2.98. The van der Waals surface area contributed by atoms with E-state index in [0.29, 0.717) is 6.61 Å². The predicted octanol–water partition coefficient (Wildman–Crippen LogP) is 5.18. The maximum absolute atomic E-state index is 12.7. The SMILES string of the molecule is CCCCCC(C)(OCCC)C(=O)Nc1ccc(OC(C)C)cc1. The molecule has 24 heavy (non-hydrogen) atoms. The zero-order valence-electron chi connectivity index (χ0n) is 15.9. The minimum Gasteiger partial charge on any atom is -0.491 e. The number of rotatable bonds is 11. The minimum atomic E-state index is -0.779. The third-order valence-electron chi connectivity index (χ3n) is 3.85. The van der Waals surface area contributed by atoms with Gasteiger partial charge in [0.05, 0.1) is 6.10 Å². The van der Waals surface area contributed by atoms with Gasteiger partial charge in [-0.1, -0.05) is 33.1 Å². The molecule has 1 aromatic rings. The molecule has 0 spiro atoms. The lowest BCUT2D eigenvalue weighted by Crippen LogP contribution is -2.43. The summed E-state index contributed by atoms with van der Waals surface area (Å²) < 4.78 is 11.5. The molecule has 0 fully saturated rings. The van der Waals surface area contributed by atoms with Crippen LogP contribution in [0, 0.1) is 0 Å². The van der Waals surface area contributed by atoms with Gasteiger partial charge in [0.2, 0.25) is 0 Å². The molecule has 0 aliphatic carbocycles. The van der Waals surface area contributed by atoms with Gasteiger partial charge in [-0.05, 0) is 57.9 Å². The van der Waals surface area contributed by atoms with E-state index in [-0.39, 0.29) is 12.0 Å².